The molecule has 1 saturated carbocycles. The third kappa shape index (κ3) is 3.74. The second-order valence-corrected chi connectivity index (χ2v) is 11.3. The molecule has 0 aliphatic heterocycles. The molecule has 0 heterocycles. The van der Waals surface area contributed by atoms with E-state index < -0.39 is 17.7 Å². The lowest BCUT2D eigenvalue weighted by molar-refractivity contribution is -0.131. The summed E-state index contributed by atoms with van der Waals surface area (Å²) in [5.74, 6) is -2.31. The summed E-state index contributed by atoms with van der Waals surface area (Å²) in [6.45, 7) is 11.8. The van der Waals surface area contributed by atoms with Gasteiger partial charge in [0.15, 0.2) is 0 Å². The van der Waals surface area contributed by atoms with Gasteiger partial charge in [-0.05, 0) is 83.2 Å². The third-order valence-corrected chi connectivity index (χ3v) is 8.10. The molecule has 4 heteroatoms. The minimum Gasteiger partial charge on any atom is -0.369 e. The van der Waals surface area contributed by atoms with Gasteiger partial charge >= 0.3 is 0 Å². The molecular formula is C28H36N2O2. The minimum absolute atomic E-state index is 0.0576. The fraction of sp³-hybridized carbons (Fsp3) is 0.500. The van der Waals surface area contributed by atoms with Crippen LogP contribution in [0.5, 0.6) is 0 Å². The Kier molecular flexibility index (Phi) is 5.27. The van der Waals surface area contributed by atoms with Crippen molar-refractivity contribution in [2.45, 2.75) is 83.0 Å². The van der Waals surface area contributed by atoms with Gasteiger partial charge < -0.3 is 11.5 Å². The molecule has 0 aromatic heterocycles. The molecule has 4 N–H and O–H groups in total. The van der Waals surface area contributed by atoms with Crippen molar-refractivity contribution in [2.24, 2.45) is 17.4 Å². The van der Waals surface area contributed by atoms with E-state index in [-0.39, 0.29) is 22.7 Å². The SMILES string of the molecule is Cc1cc2c(cc1C1(c3ccc(CC(C(N)=O)C(N)=O)cc3)CC1)C(C)(C)CCC2(C)C. The fourth-order valence-electron chi connectivity index (χ4n) is 5.61. The average molecular weight is 433 g/mol. The molecule has 4 nitrogen and oxygen atoms in total. The second kappa shape index (κ2) is 7.47. The van der Waals surface area contributed by atoms with Gasteiger partial charge in [0.2, 0.25) is 11.8 Å². The molecular weight excluding hydrogens is 396 g/mol. The number of amides is 2. The van der Waals surface area contributed by atoms with Crippen LogP contribution in [0.2, 0.25) is 0 Å². The van der Waals surface area contributed by atoms with E-state index in [9.17, 15) is 9.59 Å². The van der Waals surface area contributed by atoms with Gasteiger partial charge in [-0.25, -0.2) is 0 Å². The number of hydrogen-bond donors (Lipinski definition) is 2. The lowest BCUT2D eigenvalue weighted by Crippen LogP contribution is -2.36. The van der Waals surface area contributed by atoms with Gasteiger partial charge in [-0.1, -0.05) is 64.1 Å². The quantitative estimate of drug-likeness (QED) is 0.656. The van der Waals surface area contributed by atoms with Crippen LogP contribution in [0.15, 0.2) is 36.4 Å². The van der Waals surface area contributed by atoms with Crippen LogP contribution in [0.1, 0.15) is 86.8 Å². The van der Waals surface area contributed by atoms with E-state index in [4.69, 9.17) is 11.5 Å². The molecule has 2 amide bonds. The maximum absolute atomic E-state index is 11.5. The van der Waals surface area contributed by atoms with E-state index in [1.807, 2.05) is 12.1 Å². The number of carbonyl (C=O) groups excluding carboxylic acids is 2. The number of primary amides is 2. The first-order valence-electron chi connectivity index (χ1n) is 11.7. The monoisotopic (exact) mass is 432 g/mol. The second-order valence-electron chi connectivity index (χ2n) is 11.3. The molecule has 0 spiro atoms. The van der Waals surface area contributed by atoms with Crippen LogP contribution >= 0.6 is 0 Å². The van der Waals surface area contributed by atoms with Crippen LogP contribution in [-0.2, 0) is 32.3 Å². The van der Waals surface area contributed by atoms with Crippen molar-refractivity contribution < 1.29 is 9.59 Å². The Bertz CT molecular complexity index is 1060. The lowest BCUT2D eigenvalue weighted by atomic mass is 9.62. The summed E-state index contributed by atoms with van der Waals surface area (Å²) in [7, 11) is 0. The molecule has 0 radical (unpaired) electrons. The number of fused-ring (bicyclic) bond motifs is 1. The molecule has 2 aromatic rings. The van der Waals surface area contributed by atoms with Gasteiger partial charge in [-0.15, -0.1) is 0 Å². The summed E-state index contributed by atoms with van der Waals surface area (Å²) in [5, 5.41) is 0. The molecule has 2 aromatic carbocycles. The van der Waals surface area contributed by atoms with E-state index >= 15 is 0 Å². The zero-order chi connectivity index (χ0) is 23.5. The third-order valence-electron chi connectivity index (χ3n) is 8.10. The first kappa shape index (κ1) is 22.6. The highest BCUT2D eigenvalue weighted by atomic mass is 16.2. The largest absolute Gasteiger partial charge is 0.369 e. The minimum atomic E-state index is -0.968. The Hall–Kier alpha value is -2.62. The van der Waals surface area contributed by atoms with Gasteiger partial charge in [-0.3, -0.25) is 9.59 Å². The van der Waals surface area contributed by atoms with Gasteiger partial charge in [0, 0.05) is 5.41 Å². The molecule has 1 fully saturated rings. The highest BCUT2D eigenvalue weighted by Gasteiger charge is 2.48. The van der Waals surface area contributed by atoms with Crippen molar-refractivity contribution in [2.75, 3.05) is 0 Å². The molecule has 4 rings (SSSR count). The standard InChI is InChI=1S/C28H36N2O2/c1-17-14-22-23(27(4,5)11-10-26(22,2)3)16-21(17)28(12-13-28)19-8-6-18(7-9-19)15-20(24(29)31)25(30)32/h6-9,14,16,20H,10-13,15H2,1-5H3,(H2,29,31)(H2,30,32). The summed E-state index contributed by atoms with van der Waals surface area (Å²) in [5.41, 5.74) is 19.2. The van der Waals surface area contributed by atoms with Crippen LogP contribution in [0.3, 0.4) is 0 Å². The summed E-state index contributed by atoms with van der Waals surface area (Å²) in [6, 6.07) is 13.3. The first-order chi connectivity index (χ1) is 14.9. The van der Waals surface area contributed by atoms with Crippen LogP contribution in [0.4, 0.5) is 0 Å². The molecule has 2 aliphatic carbocycles. The maximum Gasteiger partial charge on any atom is 0.230 e. The van der Waals surface area contributed by atoms with Crippen LogP contribution in [0.25, 0.3) is 0 Å². The number of nitrogens with two attached hydrogens (primary N) is 2. The van der Waals surface area contributed by atoms with Crippen LogP contribution < -0.4 is 11.5 Å². The Morgan fingerprint density at radius 1 is 0.812 bits per heavy atom. The molecule has 2 aliphatic rings. The van der Waals surface area contributed by atoms with Gasteiger partial charge in [0.25, 0.3) is 0 Å². The highest BCUT2D eigenvalue weighted by Crippen LogP contribution is 2.56. The van der Waals surface area contributed by atoms with E-state index in [1.165, 1.54) is 40.7 Å². The number of rotatable bonds is 6. The Balaban J connectivity index is 1.69. The summed E-state index contributed by atoms with van der Waals surface area (Å²) in [6.07, 6.45) is 4.95. The van der Waals surface area contributed by atoms with Crippen molar-refractivity contribution in [1.82, 2.24) is 0 Å². The van der Waals surface area contributed by atoms with Crippen molar-refractivity contribution in [3.63, 3.8) is 0 Å². The maximum atomic E-state index is 11.5. The van der Waals surface area contributed by atoms with E-state index in [0.717, 1.165) is 18.4 Å². The van der Waals surface area contributed by atoms with E-state index in [2.05, 4.69) is 58.9 Å². The average Bonchev–Trinajstić information content (AvgIpc) is 3.51. The Morgan fingerprint density at radius 2 is 1.31 bits per heavy atom. The summed E-state index contributed by atoms with van der Waals surface area (Å²) < 4.78 is 0. The molecule has 32 heavy (non-hydrogen) atoms. The number of carbonyl (C=O) groups is 2. The first-order valence-corrected chi connectivity index (χ1v) is 11.7. The normalized spacial score (nSPS) is 19.9. The Labute approximate surface area is 191 Å². The topological polar surface area (TPSA) is 86.2 Å². The predicted octanol–water partition coefficient (Wildman–Crippen LogP) is 4.55. The van der Waals surface area contributed by atoms with Crippen molar-refractivity contribution in [1.29, 1.82) is 0 Å². The Morgan fingerprint density at radius 3 is 1.78 bits per heavy atom. The fourth-order valence-corrected chi connectivity index (χ4v) is 5.61. The zero-order valence-electron chi connectivity index (χ0n) is 20.0. The molecule has 0 saturated heterocycles. The smallest absolute Gasteiger partial charge is 0.230 e. The van der Waals surface area contributed by atoms with Crippen molar-refractivity contribution >= 4 is 11.8 Å². The zero-order valence-corrected chi connectivity index (χ0v) is 20.0. The van der Waals surface area contributed by atoms with Crippen LogP contribution in [-0.4, -0.2) is 11.8 Å². The van der Waals surface area contributed by atoms with E-state index in [1.54, 1.807) is 0 Å². The van der Waals surface area contributed by atoms with Gasteiger partial charge in [-0.2, -0.15) is 0 Å². The van der Waals surface area contributed by atoms with E-state index in [0.29, 0.717) is 0 Å². The number of hydrogen-bond acceptors (Lipinski definition) is 2. The molecule has 0 bridgehead atoms. The van der Waals surface area contributed by atoms with Crippen molar-refractivity contribution in [3.05, 3.63) is 69.8 Å². The van der Waals surface area contributed by atoms with Crippen molar-refractivity contribution in [3.8, 4) is 0 Å². The summed E-state index contributed by atoms with van der Waals surface area (Å²) >= 11 is 0. The number of aryl methyl sites for hydroxylation is 1. The van der Waals surface area contributed by atoms with Gasteiger partial charge in [0.05, 0.1) is 0 Å². The predicted molar refractivity (Wildman–Crippen MR) is 129 cm³/mol. The highest BCUT2D eigenvalue weighted by molar-refractivity contribution is 5.99. The van der Waals surface area contributed by atoms with Crippen LogP contribution in [0, 0.1) is 12.8 Å². The number of benzene rings is 2. The molecule has 0 atom stereocenters. The van der Waals surface area contributed by atoms with Gasteiger partial charge in [0.1, 0.15) is 5.92 Å². The molecule has 170 valence electrons. The lowest BCUT2D eigenvalue weighted by Gasteiger charge is -2.43. The molecule has 0 unspecified atom stereocenters. The summed E-state index contributed by atoms with van der Waals surface area (Å²) in [4.78, 5) is 23.1.